The van der Waals surface area contributed by atoms with Crippen LogP contribution >= 0.6 is 23.2 Å². The van der Waals surface area contributed by atoms with Crippen LogP contribution in [0.25, 0.3) is 0 Å². The van der Waals surface area contributed by atoms with Gasteiger partial charge in [-0.2, -0.15) is 4.98 Å². The van der Waals surface area contributed by atoms with Crippen LogP contribution in [0.15, 0.2) is 53.7 Å². The first-order valence-electron chi connectivity index (χ1n) is 7.83. The lowest BCUT2D eigenvalue weighted by Crippen LogP contribution is -2.14. The summed E-state index contributed by atoms with van der Waals surface area (Å²) < 4.78 is 28.7. The number of halogens is 2. The number of hydrogen-bond acceptors (Lipinski definition) is 4. The second kappa shape index (κ2) is 7.65. The van der Waals surface area contributed by atoms with Crippen molar-refractivity contribution < 1.29 is 8.42 Å². The van der Waals surface area contributed by atoms with E-state index in [1.54, 1.807) is 42.5 Å². The van der Waals surface area contributed by atoms with Crippen LogP contribution in [-0.2, 0) is 23.0 Å². The Kier molecular flexibility index (Phi) is 5.50. The number of aryl methyl sites for hydroxylation is 1. The zero-order valence-corrected chi connectivity index (χ0v) is 16.2. The Morgan fingerprint density at radius 1 is 1.08 bits per heavy atom. The third kappa shape index (κ3) is 4.17. The molecule has 0 fully saturated rings. The van der Waals surface area contributed by atoms with Gasteiger partial charge in [0.1, 0.15) is 6.33 Å². The van der Waals surface area contributed by atoms with Gasteiger partial charge in [0, 0.05) is 15.6 Å². The highest BCUT2D eigenvalue weighted by Gasteiger charge is 2.17. The molecule has 2 aromatic carbocycles. The zero-order valence-electron chi connectivity index (χ0n) is 13.9. The monoisotopic (exact) mass is 410 g/mol. The predicted octanol–water partition coefficient (Wildman–Crippen LogP) is 4.00. The molecule has 26 heavy (non-hydrogen) atoms. The topological polar surface area (TPSA) is 76.9 Å². The lowest BCUT2D eigenvalue weighted by molar-refractivity contribution is 0.600. The summed E-state index contributed by atoms with van der Waals surface area (Å²) in [5.41, 5.74) is 1.74. The van der Waals surface area contributed by atoms with Gasteiger partial charge in [0.05, 0.1) is 11.4 Å². The molecule has 9 heteroatoms. The average Bonchev–Trinajstić information content (AvgIpc) is 3.05. The van der Waals surface area contributed by atoms with E-state index in [0.717, 1.165) is 12.0 Å². The standard InChI is InChI=1S/C17H16Cl2N4O2S/c1-2-12-6-8-13(9-7-12)26(24,25)22-17-20-11-23(21-17)10-14-15(18)4-3-5-16(14)19/h3-9,11H,2,10H2,1H3,(H,21,22). The molecule has 0 aliphatic carbocycles. The minimum Gasteiger partial charge on any atom is -0.246 e. The number of benzene rings is 2. The van der Waals surface area contributed by atoms with Crippen LogP contribution in [0.1, 0.15) is 18.1 Å². The zero-order chi connectivity index (χ0) is 18.7. The summed E-state index contributed by atoms with van der Waals surface area (Å²) in [6.07, 6.45) is 2.25. The van der Waals surface area contributed by atoms with Crippen LogP contribution in [-0.4, -0.2) is 23.2 Å². The SMILES string of the molecule is CCc1ccc(S(=O)(=O)Nc2ncn(Cc3c(Cl)cccc3Cl)n2)cc1. The summed E-state index contributed by atoms with van der Waals surface area (Å²) >= 11 is 12.3. The first kappa shape index (κ1) is 18.7. The number of aromatic nitrogens is 3. The maximum atomic E-state index is 12.4. The number of nitrogens with one attached hydrogen (secondary N) is 1. The third-order valence-electron chi connectivity index (χ3n) is 3.79. The van der Waals surface area contributed by atoms with Gasteiger partial charge in [0.2, 0.25) is 0 Å². The van der Waals surface area contributed by atoms with Gasteiger partial charge in [0.15, 0.2) is 0 Å². The minimum atomic E-state index is -3.75. The summed E-state index contributed by atoms with van der Waals surface area (Å²) in [5.74, 6) is -0.0206. The molecular formula is C17H16Cl2N4O2S. The fraction of sp³-hybridized carbons (Fsp3) is 0.176. The maximum Gasteiger partial charge on any atom is 0.264 e. The van der Waals surface area contributed by atoms with E-state index in [-0.39, 0.29) is 17.4 Å². The molecule has 6 nitrogen and oxygen atoms in total. The van der Waals surface area contributed by atoms with Crippen molar-refractivity contribution in [2.75, 3.05) is 4.72 Å². The van der Waals surface area contributed by atoms with Crippen molar-refractivity contribution in [2.45, 2.75) is 24.8 Å². The van der Waals surface area contributed by atoms with Crippen molar-refractivity contribution in [1.82, 2.24) is 14.8 Å². The molecule has 0 aliphatic heterocycles. The largest absolute Gasteiger partial charge is 0.264 e. The number of anilines is 1. The van der Waals surface area contributed by atoms with Crippen LogP contribution in [0.5, 0.6) is 0 Å². The van der Waals surface area contributed by atoms with Gasteiger partial charge in [-0.3, -0.25) is 0 Å². The highest BCUT2D eigenvalue weighted by molar-refractivity contribution is 7.92. The van der Waals surface area contributed by atoms with Crippen LogP contribution in [0.2, 0.25) is 10.0 Å². The number of rotatable bonds is 6. The van der Waals surface area contributed by atoms with Crippen LogP contribution in [0.4, 0.5) is 5.95 Å². The van der Waals surface area contributed by atoms with E-state index in [2.05, 4.69) is 14.8 Å². The van der Waals surface area contributed by atoms with E-state index in [0.29, 0.717) is 15.6 Å². The minimum absolute atomic E-state index is 0.0206. The van der Waals surface area contributed by atoms with Gasteiger partial charge >= 0.3 is 0 Å². The smallest absolute Gasteiger partial charge is 0.246 e. The fourth-order valence-electron chi connectivity index (χ4n) is 2.35. The summed E-state index contributed by atoms with van der Waals surface area (Å²) in [5, 5.41) is 5.14. The Morgan fingerprint density at radius 3 is 2.35 bits per heavy atom. The molecule has 1 N–H and O–H groups in total. The molecular weight excluding hydrogens is 395 g/mol. The molecule has 0 spiro atoms. The van der Waals surface area contributed by atoms with E-state index in [4.69, 9.17) is 23.2 Å². The van der Waals surface area contributed by atoms with Gasteiger partial charge in [0.25, 0.3) is 16.0 Å². The number of nitrogens with zero attached hydrogens (tertiary/aromatic N) is 3. The molecule has 0 bridgehead atoms. The molecule has 0 unspecified atom stereocenters. The highest BCUT2D eigenvalue weighted by Crippen LogP contribution is 2.25. The number of sulfonamides is 1. The normalized spacial score (nSPS) is 11.5. The number of hydrogen-bond donors (Lipinski definition) is 1. The lowest BCUT2D eigenvalue weighted by atomic mass is 10.2. The Bertz CT molecular complexity index is 997. The maximum absolute atomic E-state index is 12.4. The van der Waals surface area contributed by atoms with Crippen molar-refractivity contribution in [3.63, 3.8) is 0 Å². The van der Waals surface area contributed by atoms with E-state index < -0.39 is 10.0 Å². The van der Waals surface area contributed by atoms with Gasteiger partial charge in [-0.25, -0.2) is 17.8 Å². The third-order valence-corrected chi connectivity index (χ3v) is 5.84. The molecule has 0 atom stereocenters. The van der Waals surface area contributed by atoms with Crippen molar-refractivity contribution in [2.24, 2.45) is 0 Å². The van der Waals surface area contributed by atoms with Crippen LogP contribution in [0.3, 0.4) is 0 Å². The highest BCUT2D eigenvalue weighted by atomic mass is 35.5. The molecule has 1 aromatic heterocycles. The quantitative estimate of drug-likeness (QED) is 0.665. The first-order chi connectivity index (χ1) is 12.4. The second-order valence-electron chi connectivity index (χ2n) is 5.57. The van der Waals surface area contributed by atoms with Gasteiger partial charge < -0.3 is 0 Å². The fourth-order valence-corrected chi connectivity index (χ4v) is 3.81. The van der Waals surface area contributed by atoms with E-state index in [1.165, 1.54) is 11.0 Å². The Labute approximate surface area is 161 Å². The average molecular weight is 411 g/mol. The van der Waals surface area contributed by atoms with Crippen molar-refractivity contribution in [3.05, 3.63) is 70.0 Å². The van der Waals surface area contributed by atoms with Crippen LogP contribution in [0, 0.1) is 0 Å². The predicted molar refractivity (Wildman–Crippen MR) is 102 cm³/mol. The van der Waals surface area contributed by atoms with Crippen molar-refractivity contribution in [1.29, 1.82) is 0 Å². The molecule has 0 radical (unpaired) electrons. The van der Waals surface area contributed by atoms with E-state index in [9.17, 15) is 8.42 Å². The molecule has 0 saturated carbocycles. The second-order valence-corrected chi connectivity index (χ2v) is 8.07. The molecule has 136 valence electrons. The molecule has 3 aromatic rings. The lowest BCUT2D eigenvalue weighted by Gasteiger charge is -2.07. The summed E-state index contributed by atoms with van der Waals surface area (Å²) in [6.45, 7) is 2.28. The summed E-state index contributed by atoms with van der Waals surface area (Å²) in [7, 11) is -3.75. The molecule has 3 rings (SSSR count). The summed E-state index contributed by atoms with van der Waals surface area (Å²) in [4.78, 5) is 4.14. The first-order valence-corrected chi connectivity index (χ1v) is 10.1. The molecule has 0 saturated heterocycles. The van der Waals surface area contributed by atoms with E-state index in [1.807, 2.05) is 6.92 Å². The molecule has 0 amide bonds. The molecule has 1 heterocycles. The van der Waals surface area contributed by atoms with Gasteiger partial charge in [-0.15, -0.1) is 5.10 Å². The van der Waals surface area contributed by atoms with E-state index >= 15 is 0 Å². The molecule has 0 aliphatic rings. The Morgan fingerprint density at radius 2 is 1.73 bits per heavy atom. The van der Waals surface area contributed by atoms with Crippen molar-refractivity contribution in [3.8, 4) is 0 Å². The Hall–Kier alpha value is -2.09. The van der Waals surface area contributed by atoms with Crippen molar-refractivity contribution >= 4 is 39.2 Å². The van der Waals surface area contributed by atoms with Gasteiger partial charge in [-0.1, -0.05) is 48.3 Å². The van der Waals surface area contributed by atoms with Gasteiger partial charge in [-0.05, 0) is 36.2 Å². The summed E-state index contributed by atoms with van der Waals surface area (Å²) in [6, 6.07) is 11.9. The Balaban J connectivity index is 1.77. The van der Waals surface area contributed by atoms with Crippen LogP contribution < -0.4 is 4.72 Å².